The van der Waals surface area contributed by atoms with Gasteiger partial charge in [-0.2, -0.15) is 0 Å². The molecule has 0 radical (unpaired) electrons. The largest absolute Gasteiger partial charge is 0.508 e. The number of fused-ring (bicyclic) bond motifs is 1. The van der Waals surface area contributed by atoms with Gasteiger partial charge in [0.1, 0.15) is 54.1 Å². The van der Waals surface area contributed by atoms with Crippen LogP contribution in [0.15, 0.2) is 90.1 Å². The van der Waals surface area contributed by atoms with Crippen molar-refractivity contribution in [3.8, 4) is 5.75 Å². The lowest BCUT2D eigenvalue weighted by molar-refractivity contribution is -0.142. The van der Waals surface area contributed by atoms with E-state index in [1.165, 1.54) is 38.2 Å². The predicted octanol–water partition coefficient (Wildman–Crippen LogP) is -3.41. The number of nitrogens with zero attached hydrogens (tertiary/aromatic N) is 2. The Hall–Kier alpha value is -9.84. The zero-order chi connectivity index (χ0) is 64.8. The number of aliphatic hydroxyl groups excluding tert-OH is 2. The molecular formula is C58H80N16O14. The summed E-state index contributed by atoms with van der Waals surface area (Å²) in [4.78, 5) is 157. The number of hydrazine groups is 1. The van der Waals surface area contributed by atoms with Crippen LogP contribution in [-0.2, 0) is 67.2 Å². The fraction of sp³-hybridized carbons (Fsp3) is 0.448. The SMILES string of the molecule is CN=C(N)NCCCC(NC(=O)C(CC(C)C)NC(=O)NNC(=O)C(Cc1ccccc1)NC(=O)C(NC(=O)C(CC(N)=O)NC(=O)[C@@H]1C[C@@H](O)CN1C(=O)C(Cc1ccc(O)cc1)NC(C)=O)C(C)O)C(=O)NC(Cc1c[nH]c2ccccc12)C(N)=O. The van der Waals surface area contributed by atoms with Gasteiger partial charge in [-0.3, -0.25) is 58.4 Å². The molecule has 88 heavy (non-hydrogen) atoms. The molecule has 5 rings (SSSR count). The molecule has 1 saturated heterocycles. The molecule has 4 aromatic rings. The Morgan fingerprint density at radius 1 is 0.670 bits per heavy atom. The lowest BCUT2D eigenvalue weighted by atomic mass is 10.0. The van der Waals surface area contributed by atoms with Gasteiger partial charge in [0.25, 0.3) is 5.91 Å². The van der Waals surface area contributed by atoms with E-state index in [1.807, 2.05) is 24.3 Å². The van der Waals surface area contributed by atoms with Crippen LogP contribution in [0, 0.1) is 5.92 Å². The monoisotopic (exact) mass is 1220 g/mol. The van der Waals surface area contributed by atoms with Crippen molar-refractivity contribution in [3.05, 3.63) is 102 Å². The molecule has 8 unspecified atom stereocenters. The number of hydrogen-bond donors (Lipinski definition) is 17. The number of H-pyrrole nitrogens is 1. The van der Waals surface area contributed by atoms with Gasteiger partial charge in [-0.1, -0.05) is 74.5 Å². The maximum absolute atomic E-state index is 14.1. The molecule has 20 N–H and O–H groups in total. The van der Waals surface area contributed by atoms with Crippen LogP contribution in [0.3, 0.4) is 0 Å². The molecule has 476 valence electrons. The minimum Gasteiger partial charge on any atom is -0.508 e. The fourth-order valence-electron chi connectivity index (χ4n) is 9.74. The van der Waals surface area contributed by atoms with Crippen molar-refractivity contribution < 1.29 is 68.1 Å². The second-order valence-corrected chi connectivity index (χ2v) is 21.8. The number of carbonyl (C=O) groups excluding carboxylic acids is 11. The summed E-state index contributed by atoms with van der Waals surface area (Å²) in [6.45, 7) is 5.70. The first-order chi connectivity index (χ1) is 41.7. The van der Waals surface area contributed by atoms with E-state index < -0.39 is 132 Å². The van der Waals surface area contributed by atoms with Gasteiger partial charge in [-0.15, -0.1) is 0 Å². The Balaban J connectivity index is 1.28. The third-order valence-corrected chi connectivity index (χ3v) is 14.2. The molecule has 0 saturated carbocycles. The summed E-state index contributed by atoms with van der Waals surface area (Å²) < 4.78 is 0. The van der Waals surface area contributed by atoms with E-state index in [-0.39, 0.29) is 75.7 Å². The van der Waals surface area contributed by atoms with Crippen molar-refractivity contribution in [3.63, 3.8) is 0 Å². The summed E-state index contributed by atoms with van der Waals surface area (Å²) in [5.41, 5.74) is 23.9. The molecule has 1 aromatic heterocycles. The number of rotatable bonds is 30. The lowest BCUT2D eigenvalue weighted by Crippen LogP contribution is -2.62. The number of para-hydroxylation sites is 1. The smallest absolute Gasteiger partial charge is 0.334 e. The average molecular weight is 1230 g/mol. The summed E-state index contributed by atoms with van der Waals surface area (Å²) in [6, 6.07) is 8.44. The van der Waals surface area contributed by atoms with Crippen molar-refractivity contribution >= 4 is 82.0 Å². The zero-order valence-corrected chi connectivity index (χ0v) is 49.5. The lowest BCUT2D eigenvalue weighted by Gasteiger charge is -2.30. The van der Waals surface area contributed by atoms with Crippen molar-refractivity contribution in [1.29, 1.82) is 0 Å². The third kappa shape index (κ3) is 21.3. The Morgan fingerprint density at radius 3 is 1.92 bits per heavy atom. The second kappa shape index (κ2) is 33.2. The molecule has 30 nitrogen and oxygen atoms in total. The van der Waals surface area contributed by atoms with Crippen molar-refractivity contribution in [2.75, 3.05) is 20.1 Å². The molecule has 2 heterocycles. The second-order valence-electron chi connectivity index (χ2n) is 21.8. The molecule has 30 heteroatoms. The van der Waals surface area contributed by atoms with Gasteiger partial charge >= 0.3 is 6.03 Å². The van der Waals surface area contributed by atoms with Gasteiger partial charge in [0.15, 0.2) is 5.96 Å². The number of guanidine groups is 1. The molecule has 1 aliphatic rings. The number of aromatic amines is 1. The van der Waals surface area contributed by atoms with E-state index in [4.69, 9.17) is 17.2 Å². The van der Waals surface area contributed by atoms with Gasteiger partial charge in [0.05, 0.1) is 18.6 Å². The van der Waals surface area contributed by atoms with E-state index in [1.54, 1.807) is 50.4 Å². The normalized spacial score (nSPS) is 16.6. The van der Waals surface area contributed by atoms with Gasteiger partial charge in [0.2, 0.25) is 53.2 Å². The first kappa shape index (κ1) is 68.9. The Morgan fingerprint density at radius 2 is 1.28 bits per heavy atom. The van der Waals surface area contributed by atoms with Gasteiger partial charge in [-0.05, 0) is 67.0 Å². The van der Waals surface area contributed by atoms with Crippen molar-refractivity contribution in [1.82, 2.24) is 63.3 Å². The number of phenolic OH excluding ortho intramolecular Hbond substituents is 1. The first-order valence-corrected chi connectivity index (χ1v) is 28.5. The van der Waals surface area contributed by atoms with Crippen molar-refractivity contribution in [2.24, 2.45) is 28.1 Å². The number of phenols is 1. The number of likely N-dealkylation sites (tertiary alicyclic amines) is 1. The minimum absolute atomic E-state index is 0.0122. The van der Waals surface area contributed by atoms with Crippen LogP contribution < -0.4 is 70.6 Å². The summed E-state index contributed by atoms with van der Waals surface area (Å²) in [6.07, 6.45) is -2.45. The molecule has 0 bridgehead atoms. The Labute approximate surface area is 507 Å². The Kier molecular flexibility index (Phi) is 26.0. The molecule has 3 aromatic carbocycles. The maximum Gasteiger partial charge on any atom is 0.334 e. The van der Waals surface area contributed by atoms with Crippen LogP contribution in [0.5, 0.6) is 5.75 Å². The highest BCUT2D eigenvalue weighted by atomic mass is 16.3. The summed E-state index contributed by atoms with van der Waals surface area (Å²) in [7, 11) is 1.48. The quantitative estimate of drug-likeness (QED) is 0.0105. The molecule has 1 fully saturated rings. The minimum atomic E-state index is -1.89. The summed E-state index contributed by atoms with van der Waals surface area (Å²) in [5, 5.41) is 52.5. The highest BCUT2D eigenvalue weighted by molar-refractivity contribution is 5.99. The molecule has 0 spiro atoms. The molecule has 1 aliphatic heterocycles. The van der Waals surface area contributed by atoms with Gasteiger partial charge in [-0.25, -0.2) is 10.2 Å². The van der Waals surface area contributed by atoms with E-state index in [2.05, 4.69) is 63.4 Å². The highest BCUT2D eigenvalue weighted by Crippen LogP contribution is 2.23. The van der Waals surface area contributed by atoms with Crippen LogP contribution in [0.25, 0.3) is 10.9 Å². The van der Waals surface area contributed by atoms with Crippen LogP contribution in [0.2, 0.25) is 0 Å². The number of primary amides is 2. The van der Waals surface area contributed by atoms with Crippen molar-refractivity contribution in [2.45, 2.75) is 140 Å². The van der Waals surface area contributed by atoms with E-state index in [0.29, 0.717) is 16.7 Å². The predicted molar refractivity (Wildman–Crippen MR) is 320 cm³/mol. The number of amides is 12. The average Bonchev–Trinajstić information content (AvgIpc) is 2.76. The number of urea groups is 1. The summed E-state index contributed by atoms with van der Waals surface area (Å²) >= 11 is 0. The van der Waals surface area contributed by atoms with E-state index in [0.717, 1.165) is 22.7 Å². The summed E-state index contributed by atoms with van der Waals surface area (Å²) in [5.74, 6) is -9.47. The Bertz CT molecular complexity index is 3140. The maximum atomic E-state index is 14.1. The number of aromatic hydroxyl groups is 1. The third-order valence-electron chi connectivity index (χ3n) is 14.2. The number of carbonyl (C=O) groups is 11. The number of benzene rings is 3. The standard InChI is InChI=1S/C58H80N16O14/c1-30(2)22-42(51(82)66-40(16-11-21-63-57(61)62-5)50(81)67-41(49(60)80)25-35-28-64-39-15-10-9-14-38(35)39)70-58(88)73-72-53(84)43(23-33-12-7-6-8-13-33)69-55(86)48(31(3)75)71-52(83)44(27-47(59)79)68-54(85)46-26-37(78)29-74(46)56(87)45(65-32(4)76)24-34-17-19-36(77)20-18-34/h6-10,12-15,17-20,28,30-31,37,40-46,48,64,75,77-78H,11,16,21-27,29H2,1-5H3,(H2,59,79)(H2,60,80)(H,65,76)(H,66,82)(H,67,81)(H,68,85)(H,69,86)(H,71,83)(H,72,84)(H3,61,62,63)(H2,70,73,88)/t31?,37-,40?,41?,42?,43?,44?,45?,46+,48?/m1/s1. The van der Waals surface area contributed by atoms with E-state index in [9.17, 15) is 68.1 Å². The number of aromatic nitrogens is 1. The topological polar surface area (TPSA) is 478 Å². The van der Waals surface area contributed by atoms with Crippen LogP contribution in [0.1, 0.15) is 76.5 Å². The molecule has 0 aliphatic carbocycles. The number of nitrogens with one attached hydrogen (secondary N) is 11. The number of hydrogen-bond acceptors (Lipinski definition) is 15. The van der Waals surface area contributed by atoms with Gasteiger partial charge < -0.3 is 84.9 Å². The van der Waals surface area contributed by atoms with Crippen LogP contribution >= 0.6 is 0 Å². The first-order valence-electron chi connectivity index (χ1n) is 28.5. The number of aliphatic imine (C=N–C) groups is 1. The number of aliphatic hydroxyl groups is 2. The molecular weight excluding hydrogens is 1140 g/mol. The number of β-amino-alcohol motifs (C(OH)–C–C–N with tert-alkyl or cyclic N) is 1. The number of nitrogens with two attached hydrogens (primary N) is 3. The zero-order valence-electron chi connectivity index (χ0n) is 49.5. The molecule has 12 amide bonds. The van der Waals surface area contributed by atoms with Crippen LogP contribution in [-0.4, -0.2) is 177 Å². The van der Waals surface area contributed by atoms with E-state index >= 15 is 0 Å². The molecule has 10 atom stereocenters. The fourth-order valence-corrected chi connectivity index (χ4v) is 9.74. The van der Waals surface area contributed by atoms with Gasteiger partial charge in [0, 0.05) is 69.8 Å². The highest BCUT2D eigenvalue weighted by Gasteiger charge is 2.43. The van der Waals surface area contributed by atoms with Crippen LogP contribution in [0.4, 0.5) is 4.79 Å².